The van der Waals surface area contributed by atoms with Crippen LogP contribution in [0.25, 0.3) is 20.7 Å². The van der Waals surface area contributed by atoms with Crippen molar-refractivity contribution in [2.45, 2.75) is 43.4 Å². The number of carbonyl (C=O) groups is 4. The Labute approximate surface area is 337 Å². The number of alkyl halides is 2. The van der Waals surface area contributed by atoms with E-state index in [0.717, 1.165) is 44.1 Å². The molecule has 3 heterocycles. The van der Waals surface area contributed by atoms with Gasteiger partial charge in [-0.15, -0.1) is 22.7 Å². The zero-order valence-corrected chi connectivity index (χ0v) is 34.2. The predicted octanol–water partition coefficient (Wildman–Crippen LogP) is 6.86. The highest BCUT2D eigenvalue weighted by Gasteiger charge is 2.50. The summed E-state index contributed by atoms with van der Waals surface area (Å²) in [5.41, 5.74) is -3.19. The van der Waals surface area contributed by atoms with Crippen molar-refractivity contribution in [1.82, 2.24) is 20.1 Å². The van der Waals surface area contributed by atoms with Crippen molar-refractivity contribution in [3.05, 3.63) is 105 Å². The number of thiophene rings is 1. The number of aromatic nitrogens is 1. The third kappa shape index (κ3) is 9.09. The number of thiazole rings is 1. The molecule has 5 aromatic rings. The second-order valence-electron chi connectivity index (χ2n) is 13.4. The first kappa shape index (κ1) is 41.3. The molecule has 0 aliphatic carbocycles. The molecule has 0 spiro atoms. The van der Waals surface area contributed by atoms with Crippen LogP contribution in [-0.4, -0.2) is 87.5 Å². The Bertz CT molecular complexity index is 2290. The number of hydrogen-bond acceptors (Lipinski definition) is 8. The minimum absolute atomic E-state index is 0.0451. The molecular weight excluding hydrogens is 851 g/mol. The van der Waals surface area contributed by atoms with Gasteiger partial charge >= 0.3 is 13.3 Å². The van der Waals surface area contributed by atoms with Gasteiger partial charge in [-0.1, -0.05) is 34.1 Å². The molecule has 3 aromatic carbocycles. The maximum Gasteiger partial charge on any atom is 0.399 e. The second kappa shape index (κ2) is 17.0. The van der Waals surface area contributed by atoms with E-state index in [1.807, 2.05) is 17.5 Å². The van der Waals surface area contributed by atoms with E-state index in [1.165, 1.54) is 38.2 Å². The van der Waals surface area contributed by atoms with Crippen LogP contribution in [-0.2, 0) is 31.0 Å². The Morgan fingerprint density at radius 3 is 2.41 bits per heavy atom. The number of benzene rings is 3. The van der Waals surface area contributed by atoms with Crippen LogP contribution in [0.5, 0.6) is 0 Å². The molecule has 1 aliphatic rings. The molecular formula is C38H37BrF2N5O7PS2. The van der Waals surface area contributed by atoms with Crippen LogP contribution in [0.15, 0.2) is 88.8 Å². The lowest BCUT2D eigenvalue weighted by Gasteiger charge is -2.33. The van der Waals surface area contributed by atoms with Gasteiger partial charge in [0.15, 0.2) is 0 Å². The standard InChI is InChI=1S/C38H37BrF2N5O7PS2/c1-44(2)33(47)15-18-45(28-12-7-24(8-13-28)35-42-16-19-55-35)37(50)30-4-3-17-46(30)36(49)29(20-23-5-10-27(39)11-6-23)43-34(48)32-22-25-21-26(9-14-31(25)56-32)38(40,41)54(51,52)53/h5-14,16,19,21-22,29-30H,3-4,15,17-18,20H2,1-2H3,(H,43,48)(H2,51,52,53)/t29?,30-/m0/s1. The molecule has 294 valence electrons. The fourth-order valence-corrected chi connectivity index (χ4v) is 8.74. The first-order valence-corrected chi connectivity index (χ1v) is 21.5. The lowest BCUT2D eigenvalue weighted by Crippen LogP contribution is -2.55. The van der Waals surface area contributed by atoms with Gasteiger partial charge in [-0.2, -0.15) is 8.78 Å². The van der Waals surface area contributed by atoms with Crippen LogP contribution >= 0.6 is 46.2 Å². The fraction of sp³-hybridized carbons (Fsp3) is 0.289. The molecule has 2 aromatic heterocycles. The summed E-state index contributed by atoms with van der Waals surface area (Å²) in [4.78, 5) is 82.8. The summed E-state index contributed by atoms with van der Waals surface area (Å²) in [6.07, 6.45) is 2.69. The van der Waals surface area contributed by atoms with Gasteiger partial charge < -0.3 is 29.8 Å². The molecule has 2 atom stereocenters. The average Bonchev–Trinajstić information content (AvgIpc) is 3.96. The number of rotatable bonds is 13. The summed E-state index contributed by atoms with van der Waals surface area (Å²) >= 11 is 5.85. The number of fused-ring (bicyclic) bond motifs is 1. The van der Waals surface area contributed by atoms with Crippen molar-refractivity contribution in [1.29, 1.82) is 0 Å². The summed E-state index contributed by atoms with van der Waals surface area (Å²) in [6, 6.07) is 16.8. The van der Waals surface area contributed by atoms with Crippen molar-refractivity contribution in [2.24, 2.45) is 0 Å². The molecule has 18 heteroatoms. The minimum atomic E-state index is -5.82. The fourth-order valence-electron chi connectivity index (χ4n) is 6.41. The quantitative estimate of drug-likeness (QED) is 0.108. The Hall–Kier alpha value is -4.38. The molecule has 56 heavy (non-hydrogen) atoms. The third-order valence-electron chi connectivity index (χ3n) is 9.40. The van der Waals surface area contributed by atoms with Crippen LogP contribution in [0.3, 0.4) is 0 Å². The Morgan fingerprint density at radius 1 is 1.05 bits per heavy atom. The first-order chi connectivity index (χ1) is 26.5. The maximum absolute atomic E-state index is 14.5. The van der Waals surface area contributed by atoms with Crippen molar-refractivity contribution in [2.75, 3.05) is 32.1 Å². The molecule has 12 nitrogen and oxygen atoms in total. The maximum atomic E-state index is 14.5. The first-order valence-electron chi connectivity index (χ1n) is 17.4. The lowest BCUT2D eigenvalue weighted by atomic mass is 10.0. The molecule has 4 amide bonds. The summed E-state index contributed by atoms with van der Waals surface area (Å²) in [5.74, 6) is -1.71. The van der Waals surface area contributed by atoms with Gasteiger partial charge in [-0.3, -0.25) is 23.7 Å². The van der Waals surface area contributed by atoms with Gasteiger partial charge in [0, 0.05) is 77.6 Å². The highest BCUT2D eigenvalue weighted by atomic mass is 79.9. The molecule has 0 saturated carbocycles. The van der Waals surface area contributed by atoms with Gasteiger partial charge in [0.1, 0.15) is 17.1 Å². The molecule has 0 radical (unpaired) electrons. The number of nitrogens with zero attached hydrogens (tertiary/aromatic N) is 4. The van der Waals surface area contributed by atoms with Crippen molar-refractivity contribution < 1.29 is 42.3 Å². The van der Waals surface area contributed by atoms with Crippen LogP contribution in [0, 0.1) is 0 Å². The minimum Gasteiger partial charge on any atom is -0.349 e. The van der Waals surface area contributed by atoms with E-state index < -0.39 is 42.7 Å². The van der Waals surface area contributed by atoms with Crippen LogP contribution in [0.1, 0.15) is 40.1 Å². The van der Waals surface area contributed by atoms with Crippen LogP contribution in [0.4, 0.5) is 14.5 Å². The molecule has 1 fully saturated rings. The number of amides is 4. The topological polar surface area (TPSA) is 160 Å². The lowest BCUT2D eigenvalue weighted by molar-refractivity contribution is -0.139. The normalized spacial score (nSPS) is 15.1. The largest absolute Gasteiger partial charge is 0.399 e. The number of carbonyl (C=O) groups excluding carboxylic acids is 4. The van der Waals surface area contributed by atoms with Crippen LogP contribution < -0.4 is 10.2 Å². The number of halogens is 3. The van der Waals surface area contributed by atoms with Gasteiger partial charge in [0.2, 0.25) is 17.7 Å². The number of anilines is 1. The zero-order chi connectivity index (χ0) is 40.4. The van der Waals surface area contributed by atoms with E-state index in [4.69, 9.17) is 0 Å². The molecule has 1 unspecified atom stereocenters. The third-order valence-corrected chi connectivity index (χ3v) is 12.9. The Balaban J connectivity index is 1.27. The van der Waals surface area contributed by atoms with E-state index in [9.17, 15) is 42.3 Å². The highest BCUT2D eigenvalue weighted by molar-refractivity contribution is 9.10. The number of likely N-dealkylation sites (tertiary alicyclic amines) is 1. The molecule has 0 bridgehead atoms. The molecule has 1 aliphatic heterocycles. The van der Waals surface area contributed by atoms with Crippen molar-refractivity contribution >= 4 is 85.6 Å². The highest BCUT2D eigenvalue weighted by Crippen LogP contribution is 2.59. The monoisotopic (exact) mass is 887 g/mol. The summed E-state index contributed by atoms with van der Waals surface area (Å²) in [6.45, 7) is 0.312. The van der Waals surface area contributed by atoms with Gasteiger partial charge in [-0.25, -0.2) is 4.98 Å². The van der Waals surface area contributed by atoms with E-state index in [0.29, 0.717) is 23.2 Å². The van der Waals surface area contributed by atoms with Gasteiger partial charge in [0.05, 0.1) is 4.88 Å². The van der Waals surface area contributed by atoms with Gasteiger partial charge in [0.25, 0.3) is 5.91 Å². The summed E-state index contributed by atoms with van der Waals surface area (Å²) in [7, 11) is -2.55. The smallest absolute Gasteiger partial charge is 0.349 e. The zero-order valence-electron chi connectivity index (χ0n) is 30.1. The van der Waals surface area contributed by atoms with Crippen molar-refractivity contribution in [3.63, 3.8) is 0 Å². The summed E-state index contributed by atoms with van der Waals surface area (Å²) < 4.78 is 41.7. The number of nitrogens with one attached hydrogen (secondary N) is 1. The summed E-state index contributed by atoms with van der Waals surface area (Å²) in [5, 5.41) is 5.65. The molecule has 1 saturated heterocycles. The second-order valence-corrected chi connectivity index (χ2v) is 18.0. The Kier molecular flexibility index (Phi) is 12.5. The average molecular weight is 889 g/mol. The SMILES string of the molecule is CN(C)C(=O)CCN(C(=O)[C@@H]1CCCN1C(=O)C(Cc1ccc(Br)cc1)NC(=O)c1cc2cc(C(F)(F)P(=O)(O)O)ccc2s1)c1ccc(-c2nccs2)cc1. The van der Waals surface area contributed by atoms with E-state index in [1.54, 1.807) is 56.7 Å². The van der Waals surface area contributed by atoms with E-state index in [-0.39, 0.29) is 48.0 Å². The van der Waals surface area contributed by atoms with Crippen LogP contribution in [0.2, 0.25) is 0 Å². The predicted molar refractivity (Wildman–Crippen MR) is 215 cm³/mol. The van der Waals surface area contributed by atoms with E-state index in [2.05, 4.69) is 26.2 Å². The van der Waals surface area contributed by atoms with Crippen molar-refractivity contribution in [3.8, 4) is 10.6 Å². The molecule has 6 rings (SSSR count). The number of hydrogen-bond donors (Lipinski definition) is 3. The molecule has 3 N–H and O–H groups in total. The van der Waals surface area contributed by atoms with Gasteiger partial charge in [-0.05, 0) is 78.4 Å². The van der Waals surface area contributed by atoms with E-state index >= 15 is 0 Å². The Morgan fingerprint density at radius 2 is 1.77 bits per heavy atom.